The summed E-state index contributed by atoms with van der Waals surface area (Å²) in [5.41, 5.74) is 2.84. The number of aliphatic hydroxyl groups excluding tert-OH is 1. The van der Waals surface area contributed by atoms with E-state index in [0.717, 1.165) is 0 Å². The average molecular weight is 226 g/mol. The third kappa shape index (κ3) is 2.62. The lowest BCUT2D eigenvalue weighted by Crippen LogP contribution is -2.16. The highest BCUT2D eigenvalue weighted by Crippen LogP contribution is 2.27. The van der Waals surface area contributed by atoms with Crippen molar-refractivity contribution >= 4 is 11.7 Å². The Balaban J connectivity index is 3.06. The van der Waals surface area contributed by atoms with E-state index in [2.05, 4.69) is 5.43 Å². The van der Waals surface area contributed by atoms with E-state index in [0.29, 0.717) is 18.0 Å². The highest BCUT2D eigenvalue weighted by Gasteiger charge is 2.19. The van der Waals surface area contributed by atoms with Gasteiger partial charge < -0.3 is 20.4 Å². The van der Waals surface area contributed by atoms with Crippen LogP contribution in [-0.2, 0) is 4.79 Å². The zero-order chi connectivity index (χ0) is 12.1. The topological polar surface area (TPSA) is 105 Å². The maximum absolute atomic E-state index is 10.6. The minimum Gasteiger partial charge on any atom is -0.494 e. The summed E-state index contributed by atoms with van der Waals surface area (Å²) in [5.74, 6) is 4.46. The molecule has 0 spiro atoms. The van der Waals surface area contributed by atoms with Crippen LogP contribution >= 0.6 is 0 Å². The van der Waals surface area contributed by atoms with Gasteiger partial charge in [0.05, 0.1) is 12.3 Å². The molecular weight excluding hydrogens is 212 g/mol. The number of carboxylic acid groups (broad SMARTS) is 1. The Morgan fingerprint density at radius 1 is 1.62 bits per heavy atom. The van der Waals surface area contributed by atoms with E-state index >= 15 is 0 Å². The molecule has 1 atom stereocenters. The lowest BCUT2D eigenvalue weighted by Gasteiger charge is -2.13. The third-order valence-electron chi connectivity index (χ3n) is 2.02. The van der Waals surface area contributed by atoms with Gasteiger partial charge in [-0.2, -0.15) is 0 Å². The van der Waals surface area contributed by atoms with Crippen LogP contribution in [0.2, 0.25) is 0 Å². The quantitative estimate of drug-likeness (QED) is 0.430. The van der Waals surface area contributed by atoms with Crippen molar-refractivity contribution < 1.29 is 19.7 Å². The lowest BCUT2D eigenvalue weighted by atomic mass is 10.1. The molecule has 1 aromatic rings. The summed E-state index contributed by atoms with van der Waals surface area (Å²) >= 11 is 0. The highest BCUT2D eigenvalue weighted by molar-refractivity contribution is 5.77. The molecule has 0 saturated heterocycles. The number of rotatable bonds is 5. The van der Waals surface area contributed by atoms with E-state index < -0.39 is 12.1 Å². The van der Waals surface area contributed by atoms with Crippen LogP contribution in [0.1, 0.15) is 18.6 Å². The minimum absolute atomic E-state index is 0.193. The number of aliphatic carboxylic acids is 1. The summed E-state index contributed by atoms with van der Waals surface area (Å²) < 4.78 is 5.22. The summed E-state index contributed by atoms with van der Waals surface area (Å²) in [7, 11) is 0. The number of anilines is 1. The van der Waals surface area contributed by atoms with Crippen LogP contribution in [0.15, 0.2) is 18.2 Å². The van der Waals surface area contributed by atoms with Crippen LogP contribution in [-0.4, -0.2) is 22.8 Å². The second kappa shape index (κ2) is 5.34. The highest BCUT2D eigenvalue weighted by atomic mass is 16.5. The first-order valence-electron chi connectivity index (χ1n) is 4.74. The molecule has 0 amide bonds. The number of aliphatic hydroxyl groups is 1. The Morgan fingerprint density at radius 2 is 2.31 bits per heavy atom. The minimum atomic E-state index is -1.61. The number of nitrogen functional groups attached to an aromatic ring is 1. The van der Waals surface area contributed by atoms with E-state index in [1.165, 1.54) is 12.1 Å². The van der Waals surface area contributed by atoms with Crippen molar-refractivity contribution in [1.82, 2.24) is 0 Å². The molecule has 6 heteroatoms. The Morgan fingerprint density at radius 3 is 2.81 bits per heavy atom. The zero-order valence-corrected chi connectivity index (χ0v) is 8.80. The number of benzene rings is 1. The van der Waals surface area contributed by atoms with E-state index in [-0.39, 0.29) is 5.56 Å². The molecule has 1 unspecified atom stereocenters. The van der Waals surface area contributed by atoms with Gasteiger partial charge in [-0.1, -0.05) is 6.07 Å². The number of hydrogen-bond donors (Lipinski definition) is 4. The van der Waals surface area contributed by atoms with Crippen molar-refractivity contribution in [3.63, 3.8) is 0 Å². The Labute approximate surface area is 92.6 Å². The molecular formula is C10H14N2O4. The van der Waals surface area contributed by atoms with Gasteiger partial charge in [-0.05, 0) is 13.0 Å². The van der Waals surface area contributed by atoms with Crippen LogP contribution in [0, 0.1) is 0 Å². The summed E-state index contributed by atoms with van der Waals surface area (Å²) in [6.07, 6.45) is -1.61. The average Bonchev–Trinajstić information content (AvgIpc) is 2.28. The Bertz CT molecular complexity index is 381. The zero-order valence-electron chi connectivity index (χ0n) is 8.80. The Kier molecular flexibility index (Phi) is 4.10. The van der Waals surface area contributed by atoms with Gasteiger partial charge in [0.2, 0.25) is 0 Å². The molecule has 1 rings (SSSR count). The first kappa shape index (κ1) is 12.3. The molecule has 0 aliphatic heterocycles. The maximum Gasteiger partial charge on any atom is 0.337 e. The lowest BCUT2D eigenvalue weighted by molar-refractivity contribution is -0.146. The van der Waals surface area contributed by atoms with Gasteiger partial charge in [-0.15, -0.1) is 0 Å². The smallest absolute Gasteiger partial charge is 0.337 e. The monoisotopic (exact) mass is 226 g/mol. The fraction of sp³-hybridized carbons (Fsp3) is 0.300. The van der Waals surface area contributed by atoms with Crippen molar-refractivity contribution in [2.45, 2.75) is 13.0 Å². The van der Waals surface area contributed by atoms with Gasteiger partial charge in [-0.25, -0.2) is 4.79 Å². The first-order chi connectivity index (χ1) is 7.60. The number of nitrogens with two attached hydrogens (primary N) is 1. The maximum atomic E-state index is 10.6. The molecule has 0 radical (unpaired) electrons. The number of hydrogen-bond acceptors (Lipinski definition) is 5. The standard InChI is InChI=1S/C10H14N2O4/c1-2-16-6-3-4-7(8(5-6)12-11)9(13)10(14)15/h3-5,9,12-13H,2,11H2,1H3,(H,14,15). The molecule has 5 N–H and O–H groups in total. The van der Waals surface area contributed by atoms with E-state index in [4.69, 9.17) is 15.7 Å². The molecule has 16 heavy (non-hydrogen) atoms. The first-order valence-corrected chi connectivity index (χ1v) is 4.74. The van der Waals surface area contributed by atoms with E-state index in [1.807, 2.05) is 6.92 Å². The SMILES string of the molecule is CCOc1ccc(C(O)C(=O)O)c(NN)c1. The van der Waals surface area contributed by atoms with Crippen LogP contribution < -0.4 is 16.0 Å². The number of ether oxygens (including phenoxy) is 1. The number of carboxylic acids is 1. The van der Waals surface area contributed by atoms with Crippen LogP contribution in [0.25, 0.3) is 0 Å². The molecule has 0 aliphatic rings. The van der Waals surface area contributed by atoms with Gasteiger partial charge in [-0.3, -0.25) is 5.84 Å². The van der Waals surface area contributed by atoms with Gasteiger partial charge in [0.1, 0.15) is 5.75 Å². The predicted molar refractivity (Wildman–Crippen MR) is 58.0 cm³/mol. The van der Waals surface area contributed by atoms with Crippen molar-refractivity contribution in [2.75, 3.05) is 12.0 Å². The molecule has 0 aromatic heterocycles. The van der Waals surface area contributed by atoms with Crippen LogP contribution in [0.4, 0.5) is 5.69 Å². The van der Waals surface area contributed by atoms with E-state index in [9.17, 15) is 9.90 Å². The van der Waals surface area contributed by atoms with Crippen LogP contribution in [0.3, 0.4) is 0 Å². The molecule has 0 heterocycles. The van der Waals surface area contributed by atoms with Crippen molar-refractivity contribution in [2.24, 2.45) is 5.84 Å². The van der Waals surface area contributed by atoms with Crippen molar-refractivity contribution in [3.8, 4) is 5.75 Å². The van der Waals surface area contributed by atoms with Crippen molar-refractivity contribution in [3.05, 3.63) is 23.8 Å². The summed E-state index contributed by atoms with van der Waals surface area (Å²) in [4.78, 5) is 10.6. The number of carbonyl (C=O) groups is 1. The second-order valence-electron chi connectivity index (χ2n) is 3.07. The number of hydrazine groups is 1. The molecule has 0 bridgehead atoms. The summed E-state index contributed by atoms with van der Waals surface area (Å²) in [6, 6.07) is 4.57. The molecule has 6 nitrogen and oxygen atoms in total. The fourth-order valence-corrected chi connectivity index (χ4v) is 1.29. The third-order valence-corrected chi connectivity index (χ3v) is 2.02. The molecule has 88 valence electrons. The van der Waals surface area contributed by atoms with Crippen LogP contribution in [0.5, 0.6) is 5.75 Å². The fourth-order valence-electron chi connectivity index (χ4n) is 1.29. The van der Waals surface area contributed by atoms with Gasteiger partial charge in [0.15, 0.2) is 6.10 Å². The second-order valence-corrected chi connectivity index (χ2v) is 3.07. The van der Waals surface area contributed by atoms with Gasteiger partial charge in [0.25, 0.3) is 0 Å². The molecule has 0 fully saturated rings. The molecule has 1 aromatic carbocycles. The normalized spacial score (nSPS) is 11.9. The van der Waals surface area contributed by atoms with Crippen molar-refractivity contribution in [1.29, 1.82) is 0 Å². The summed E-state index contributed by atoms with van der Waals surface area (Å²) in [5, 5.41) is 18.1. The number of nitrogens with one attached hydrogen (secondary N) is 1. The summed E-state index contributed by atoms with van der Waals surface area (Å²) in [6.45, 7) is 2.32. The van der Waals surface area contributed by atoms with Gasteiger partial charge in [0, 0.05) is 11.6 Å². The molecule has 0 aliphatic carbocycles. The van der Waals surface area contributed by atoms with E-state index in [1.54, 1.807) is 6.07 Å². The Hall–Kier alpha value is -1.79. The molecule has 0 saturated carbocycles. The van der Waals surface area contributed by atoms with Gasteiger partial charge >= 0.3 is 5.97 Å². The largest absolute Gasteiger partial charge is 0.494 e. The predicted octanol–water partition coefficient (Wildman–Crippen LogP) is 0.489.